The molecule has 0 radical (unpaired) electrons. The fourth-order valence-electron chi connectivity index (χ4n) is 3.20. The van der Waals surface area contributed by atoms with Gasteiger partial charge in [0.25, 0.3) is 0 Å². The summed E-state index contributed by atoms with van der Waals surface area (Å²) in [6, 6.07) is 2.30. The molecule has 1 saturated heterocycles. The van der Waals surface area contributed by atoms with E-state index in [2.05, 4.69) is 26.4 Å². The molecule has 3 rings (SSSR count). The van der Waals surface area contributed by atoms with Crippen molar-refractivity contribution in [3.8, 4) is 0 Å². The van der Waals surface area contributed by atoms with E-state index < -0.39 is 0 Å². The lowest BCUT2D eigenvalue weighted by molar-refractivity contribution is 0.187. The fraction of sp³-hybridized carbons (Fsp3) is 0.600. The minimum Gasteiger partial charge on any atom is -0.308 e. The molecule has 6 heteroatoms. The normalized spacial score (nSPS) is 17.7. The van der Waals surface area contributed by atoms with Crippen molar-refractivity contribution in [1.82, 2.24) is 19.4 Å². The van der Waals surface area contributed by atoms with Gasteiger partial charge in [0.2, 0.25) is 0 Å². The Balaban J connectivity index is 1.89. The Hall–Kier alpha value is -0.840. The van der Waals surface area contributed by atoms with E-state index in [9.17, 15) is 0 Å². The lowest BCUT2D eigenvalue weighted by Crippen LogP contribution is -2.35. The van der Waals surface area contributed by atoms with Gasteiger partial charge in [-0.15, -0.1) is 11.6 Å². The van der Waals surface area contributed by atoms with Crippen LogP contribution in [-0.4, -0.2) is 39.1 Å². The summed E-state index contributed by atoms with van der Waals surface area (Å²) < 4.78 is 2.22. The number of halogens is 2. The maximum Gasteiger partial charge on any atom is 0.160 e. The number of pyridine rings is 1. The van der Waals surface area contributed by atoms with Crippen LogP contribution in [0.3, 0.4) is 0 Å². The number of likely N-dealkylation sites (tertiary alicyclic amines) is 1. The van der Waals surface area contributed by atoms with Crippen LogP contribution in [0.2, 0.25) is 5.02 Å². The summed E-state index contributed by atoms with van der Waals surface area (Å²) in [5.41, 5.74) is 1.75. The van der Waals surface area contributed by atoms with Gasteiger partial charge in [0.15, 0.2) is 5.65 Å². The largest absolute Gasteiger partial charge is 0.308 e. The minimum atomic E-state index is 0.406. The van der Waals surface area contributed by atoms with Crippen LogP contribution in [0.4, 0.5) is 0 Å². The van der Waals surface area contributed by atoms with Crippen LogP contribution in [0.25, 0.3) is 11.2 Å². The molecule has 1 fully saturated rings. The van der Waals surface area contributed by atoms with Crippen molar-refractivity contribution >= 4 is 34.4 Å². The highest BCUT2D eigenvalue weighted by molar-refractivity contribution is 6.31. The average molecular weight is 327 g/mol. The van der Waals surface area contributed by atoms with Gasteiger partial charge in [-0.2, -0.15) is 0 Å². The van der Waals surface area contributed by atoms with Crippen molar-refractivity contribution in [2.24, 2.45) is 0 Å². The van der Waals surface area contributed by atoms with Crippen LogP contribution in [-0.2, 0) is 5.88 Å². The number of hydrogen-bond donors (Lipinski definition) is 0. The molecule has 1 aliphatic heterocycles. The quantitative estimate of drug-likeness (QED) is 0.800. The molecule has 0 N–H and O–H groups in total. The summed E-state index contributed by atoms with van der Waals surface area (Å²) >= 11 is 12.1. The Kier molecular flexibility index (Phi) is 4.67. The van der Waals surface area contributed by atoms with Gasteiger partial charge in [-0.3, -0.25) is 0 Å². The van der Waals surface area contributed by atoms with E-state index in [-0.39, 0.29) is 0 Å². The maximum absolute atomic E-state index is 6.09. The van der Waals surface area contributed by atoms with Crippen LogP contribution in [0.5, 0.6) is 0 Å². The van der Waals surface area contributed by atoms with Gasteiger partial charge in [-0.1, -0.05) is 18.5 Å². The second-order valence-corrected chi connectivity index (χ2v) is 6.30. The summed E-state index contributed by atoms with van der Waals surface area (Å²) in [5, 5.41) is 0.617. The maximum atomic E-state index is 6.09. The SMILES string of the molecule is CCCN1CCC(n2c(CCl)nc3cc(Cl)cnc32)CC1. The van der Waals surface area contributed by atoms with Crippen LogP contribution in [0.1, 0.15) is 38.1 Å². The lowest BCUT2D eigenvalue weighted by Gasteiger charge is -2.33. The zero-order valence-corrected chi connectivity index (χ0v) is 13.7. The molecule has 0 aromatic carbocycles. The molecule has 0 amide bonds. The number of rotatable bonds is 4. The Morgan fingerprint density at radius 1 is 1.33 bits per heavy atom. The van der Waals surface area contributed by atoms with Gasteiger partial charge in [-0.05, 0) is 31.9 Å². The highest BCUT2D eigenvalue weighted by Gasteiger charge is 2.24. The second kappa shape index (κ2) is 6.51. The van der Waals surface area contributed by atoms with Gasteiger partial charge in [0, 0.05) is 25.3 Å². The Bertz CT molecular complexity index is 617. The Morgan fingerprint density at radius 3 is 2.76 bits per heavy atom. The molecule has 0 bridgehead atoms. The van der Waals surface area contributed by atoms with Crippen LogP contribution >= 0.6 is 23.2 Å². The highest BCUT2D eigenvalue weighted by atomic mass is 35.5. The number of hydrogen-bond acceptors (Lipinski definition) is 3. The van der Waals surface area contributed by atoms with Crippen molar-refractivity contribution in [2.75, 3.05) is 19.6 Å². The topological polar surface area (TPSA) is 34.0 Å². The molecule has 0 aliphatic carbocycles. The van der Waals surface area contributed by atoms with Gasteiger partial charge in [-0.25, -0.2) is 9.97 Å². The van der Waals surface area contributed by atoms with Crippen molar-refractivity contribution in [2.45, 2.75) is 38.1 Å². The summed E-state index contributed by atoms with van der Waals surface area (Å²) in [6.07, 6.45) is 5.15. The van der Waals surface area contributed by atoms with Gasteiger partial charge in [0.05, 0.1) is 10.9 Å². The molecule has 4 nitrogen and oxygen atoms in total. The number of imidazole rings is 1. The van der Waals surface area contributed by atoms with E-state index in [1.54, 1.807) is 6.20 Å². The first-order valence-corrected chi connectivity index (χ1v) is 8.45. The lowest BCUT2D eigenvalue weighted by atomic mass is 10.0. The van der Waals surface area contributed by atoms with E-state index >= 15 is 0 Å². The summed E-state index contributed by atoms with van der Waals surface area (Å²) in [6.45, 7) is 5.68. The molecule has 3 heterocycles. The number of nitrogens with zero attached hydrogens (tertiary/aromatic N) is 4. The van der Waals surface area contributed by atoms with Crippen LogP contribution in [0.15, 0.2) is 12.3 Å². The highest BCUT2D eigenvalue weighted by Crippen LogP contribution is 2.29. The summed E-state index contributed by atoms with van der Waals surface area (Å²) in [5.74, 6) is 1.30. The Morgan fingerprint density at radius 2 is 2.10 bits per heavy atom. The molecule has 0 saturated carbocycles. The van der Waals surface area contributed by atoms with Gasteiger partial charge in [0.1, 0.15) is 11.3 Å². The van der Waals surface area contributed by atoms with Gasteiger partial charge >= 0.3 is 0 Å². The summed E-state index contributed by atoms with van der Waals surface area (Å²) in [4.78, 5) is 11.6. The Labute approximate surface area is 135 Å². The molecule has 0 atom stereocenters. The standard InChI is InChI=1S/C15H20Cl2N4/c1-2-5-20-6-3-12(4-7-20)21-14(9-16)19-13-8-11(17)10-18-15(13)21/h8,10,12H,2-7,9H2,1H3. The average Bonchev–Trinajstić information content (AvgIpc) is 2.86. The van der Waals surface area contributed by atoms with Crippen LogP contribution < -0.4 is 0 Å². The molecule has 2 aromatic heterocycles. The van der Waals surface area contributed by atoms with E-state index in [0.29, 0.717) is 16.9 Å². The predicted molar refractivity (Wildman–Crippen MR) is 87.1 cm³/mol. The van der Waals surface area contributed by atoms with Crippen molar-refractivity contribution < 1.29 is 0 Å². The van der Waals surface area contributed by atoms with E-state index in [1.807, 2.05) is 6.07 Å². The molecule has 1 aliphatic rings. The molecule has 0 unspecified atom stereocenters. The monoisotopic (exact) mass is 326 g/mol. The number of piperidine rings is 1. The predicted octanol–water partition coefficient (Wildman–Crippen LogP) is 3.87. The molecular formula is C15H20Cl2N4. The summed E-state index contributed by atoms with van der Waals surface area (Å²) in [7, 11) is 0. The van der Waals surface area contributed by atoms with Crippen molar-refractivity contribution in [3.63, 3.8) is 0 Å². The van der Waals surface area contributed by atoms with Crippen molar-refractivity contribution in [1.29, 1.82) is 0 Å². The van der Waals surface area contributed by atoms with E-state index in [0.717, 1.165) is 42.9 Å². The van der Waals surface area contributed by atoms with Crippen molar-refractivity contribution in [3.05, 3.63) is 23.1 Å². The smallest absolute Gasteiger partial charge is 0.160 e. The first-order valence-electron chi connectivity index (χ1n) is 7.53. The number of alkyl halides is 1. The molecule has 21 heavy (non-hydrogen) atoms. The zero-order valence-electron chi connectivity index (χ0n) is 12.2. The zero-order chi connectivity index (χ0) is 14.8. The first-order chi connectivity index (χ1) is 10.2. The van der Waals surface area contributed by atoms with E-state index in [1.165, 1.54) is 13.0 Å². The minimum absolute atomic E-state index is 0.406. The molecule has 0 spiro atoms. The molecule has 114 valence electrons. The van der Waals surface area contributed by atoms with Gasteiger partial charge < -0.3 is 9.47 Å². The third-order valence-corrected chi connectivity index (χ3v) is 4.60. The number of aromatic nitrogens is 3. The third-order valence-electron chi connectivity index (χ3n) is 4.15. The molecule has 2 aromatic rings. The molecular weight excluding hydrogens is 307 g/mol. The fourth-order valence-corrected chi connectivity index (χ4v) is 3.54. The second-order valence-electron chi connectivity index (χ2n) is 5.60. The third kappa shape index (κ3) is 3.03. The number of fused-ring (bicyclic) bond motifs is 1. The van der Waals surface area contributed by atoms with Crippen LogP contribution in [0, 0.1) is 0 Å². The van der Waals surface area contributed by atoms with E-state index in [4.69, 9.17) is 23.2 Å². The first kappa shape index (κ1) is 15.1.